The summed E-state index contributed by atoms with van der Waals surface area (Å²) < 4.78 is 26.0. The summed E-state index contributed by atoms with van der Waals surface area (Å²) in [5.74, 6) is -0.503. The second-order valence-electron chi connectivity index (χ2n) is 6.37. The van der Waals surface area contributed by atoms with Crippen molar-refractivity contribution in [1.29, 1.82) is 0 Å². The van der Waals surface area contributed by atoms with Gasteiger partial charge in [0.25, 0.3) is 0 Å². The molecule has 0 aliphatic rings. The summed E-state index contributed by atoms with van der Waals surface area (Å²) in [6, 6.07) is 12.4. The van der Waals surface area contributed by atoms with E-state index in [2.05, 4.69) is 15.5 Å². The maximum absolute atomic E-state index is 12.9. The molecule has 0 bridgehead atoms. The van der Waals surface area contributed by atoms with E-state index in [0.29, 0.717) is 20.7 Å². The Morgan fingerprint density at radius 1 is 1.07 bits per heavy atom. The molecule has 1 N–H and O–H groups in total. The minimum atomic E-state index is -3.74. The van der Waals surface area contributed by atoms with Crippen LogP contribution in [0.1, 0.15) is 13.3 Å². The van der Waals surface area contributed by atoms with Crippen molar-refractivity contribution in [3.05, 3.63) is 58.6 Å². The molecule has 0 aliphatic carbocycles. The first-order valence-corrected chi connectivity index (χ1v) is 12.3. The lowest BCUT2D eigenvalue weighted by molar-refractivity contribution is -0.117. The van der Waals surface area contributed by atoms with E-state index < -0.39 is 22.0 Å². The van der Waals surface area contributed by atoms with Crippen molar-refractivity contribution in [1.82, 2.24) is 10.2 Å². The third-order valence-electron chi connectivity index (χ3n) is 4.16. The summed E-state index contributed by atoms with van der Waals surface area (Å²) in [5, 5.41) is 12.7. The van der Waals surface area contributed by atoms with Crippen LogP contribution < -0.4 is 9.62 Å². The molecule has 0 radical (unpaired) electrons. The van der Waals surface area contributed by atoms with Crippen LogP contribution in [-0.2, 0) is 14.8 Å². The molecule has 1 amide bonds. The maximum Gasteiger partial charge on any atom is 0.250 e. The number of halogens is 2. The van der Waals surface area contributed by atoms with Gasteiger partial charge in [-0.15, -0.1) is 10.2 Å². The number of hydrogen-bond donors (Lipinski definition) is 1. The molecule has 30 heavy (non-hydrogen) atoms. The molecule has 0 spiro atoms. The Morgan fingerprint density at radius 2 is 1.63 bits per heavy atom. The number of rotatable bonds is 7. The zero-order valence-corrected chi connectivity index (χ0v) is 19.2. The lowest BCUT2D eigenvalue weighted by atomic mass is 10.2. The Morgan fingerprint density at radius 3 is 2.17 bits per heavy atom. The first-order valence-electron chi connectivity index (χ1n) is 8.84. The van der Waals surface area contributed by atoms with Crippen LogP contribution in [0.2, 0.25) is 10.0 Å². The number of amides is 1. The number of anilines is 2. The molecule has 1 heterocycles. The standard InChI is InChI=1S/C19H18Cl2N4O3S2/c1-3-16(25(30(2,27)28)15-10-8-14(21)9-11-15)17(26)22-19-24-23-18(29-19)12-4-6-13(20)7-5-12/h4-11,16H,3H2,1-2H3,(H,22,24,26)/t16-/m0/s1. The lowest BCUT2D eigenvalue weighted by Gasteiger charge is -2.29. The van der Waals surface area contributed by atoms with Crippen molar-refractivity contribution in [3.8, 4) is 10.6 Å². The topological polar surface area (TPSA) is 92.3 Å². The zero-order chi connectivity index (χ0) is 21.9. The number of carbonyl (C=O) groups is 1. The molecule has 2 aromatic carbocycles. The predicted octanol–water partition coefficient (Wildman–Crippen LogP) is 4.70. The zero-order valence-electron chi connectivity index (χ0n) is 16.0. The highest BCUT2D eigenvalue weighted by molar-refractivity contribution is 7.92. The monoisotopic (exact) mass is 484 g/mol. The van der Waals surface area contributed by atoms with Gasteiger partial charge in [0.15, 0.2) is 0 Å². The Balaban J connectivity index is 1.84. The third kappa shape index (κ3) is 5.28. The van der Waals surface area contributed by atoms with Crippen molar-refractivity contribution >= 4 is 61.3 Å². The molecular formula is C19H18Cl2N4O3S2. The highest BCUT2D eigenvalue weighted by atomic mass is 35.5. The fourth-order valence-corrected chi connectivity index (χ4v) is 5.04. The van der Waals surface area contributed by atoms with Gasteiger partial charge >= 0.3 is 0 Å². The van der Waals surface area contributed by atoms with Gasteiger partial charge in [0.1, 0.15) is 11.0 Å². The predicted molar refractivity (Wildman–Crippen MR) is 122 cm³/mol. The van der Waals surface area contributed by atoms with E-state index in [1.165, 1.54) is 11.3 Å². The molecule has 0 fully saturated rings. The Labute approximate surface area is 188 Å². The number of carbonyl (C=O) groups excluding carboxylic acids is 1. The van der Waals surface area contributed by atoms with Gasteiger partial charge in [0.05, 0.1) is 11.9 Å². The summed E-state index contributed by atoms with van der Waals surface area (Å²) in [5.41, 5.74) is 1.16. The molecule has 0 saturated heterocycles. The summed E-state index contributed by atoms with van der Waals surface area (Å²) in [7, 11) is -3.74. The highest BCUT2D eigenvalue weighted by Crippen LogP contribution is 2.29. The molecule has 3 aromatic rings. The molecular weight excluding hydrogens is 467 g/mol. The average Bonchev–Trinajstić information content (AvgIpc) is 3.15. The fraction of sp³-hybridized carbons (Fsp3) is 0.211. The van der Waals surface area contributed by atoms with Crippen molar-refractivity contribution < 1.29 is 13.2 Å². The number of benzene rings is 2. The van der Waals surface area contributed by atoms with E-state index in [4.69, 9.17) is 23.2 Å². The van der Waals surface area contributed by atoms with Gasteiger partial charge < -0.3 is 0 Å². The van der Waals surface area contributed by atoms with Gasteiger partial charge in [-0.2, -0.15) is 0 Å². The molecule has 1 atom stereocenters. The van der Waals surface area contributed by atoms with Crippen LogP contribution in [-0.4, -0.2) is 36.8 Å². The largest absolute Gasteiger partial charge is 0.299 e. The Hall–Kier alpha value is -2.20. The second-order valence-corrected chi connectivity index (χ2v) is 10.1. The smallest absolute Gasteiger partial charge is 0.250 e. The van der Waals surface area contributed by atoms with E-state index in [9.17, 15) is 13.2 Å². The highest BCUT2D eigenvalue weighted by Gasteiger charge is 2.32. The summed E-state index contributed by atoms with van der Waals surface area (Å²) in [6.07, 6.45) is 1.31. The van der Waals surface area contributed by atoms with E-state index >= 15 is 0 Å². The van der Waals surface area contributed by atoms with Crippen molar-refractivity contribution in [3.63, 3.8) is 0 Å². The van der Waals surface area contributed by atoms with Crippen LogP contribution in [0, 0.1) is 0 Å². The number of sulfonamides is 1. The maximum atomic E-state index is 12.9. The van der Waals surface area contributed by atoms with Crippen LogP contribution >= 0.6 is 34.5 Å². The van der Waals surface area contributed by atoms with E-state index in [-0.39, 0.29) is 11.6 Å². The number of hydrogen-bond acceptors (Lipinski definition) is 6. The molecule has 3 rings (SSSR count). The van der Waals surface area contributed by atoms with E-state index in [0.717, 1.165) is 16.1 Å². The van der Waals surface area contributed by atoms with Crippen molar-refractivity contribution in [2.45, 2.75) is 19.4 Å². The summed E-state index contributed by atoms with van der Waals surface area (Å²) in [6.45, 7) is 1.73. The first kappa shape index (κ1) is 22.5. The Kier molecular flexibility index (Phi) is 6.97. The number of aromatic nitrogens is 2. The van der Waals surface area contributed by atoms with Crippen LogP contribution in [0.15, 0.2) is 48.5 Å². The molecule has 7 nitrogen and oxygen atoms in total. The lowest BCUT2D eigenvalue weighted by Crippen LogP contribution is -2.46. The second kappa shape index (κ2) is 9.30. The van der Waals surface area contributed by atoms with Crippen LogP contribution in [0.4, 0.5) is 10.8 Å². The van der Waals surface area contributed by atoms with Gasteiger partial charge in [-0.3, -0.25) is 14.4 Å². The number of nitrogens with zero attached hydrogens (tertiary/aromatic N) is 3. The van der Waals surface area contributed by atoms with Gasteiger partial charge in [0.2, 0.25) is 21.1 Å². The molecule has 1 aromatic heterocycles. The van der Waals surface area contributed by atoms with Gasteiger partial charge in [-0.25, -0.2) is 8.42 Å². The fourth-order valence-electron chi connectivity index (χ4n) is 2.82. The molecule has 0 saturated carbocycles. The van der Waals surface area contributed by atoms with Crippen molar-refractivity contribution in [2.24, 2.45) is 0 Å². The van der Waals surface area contributed by atoms with Gasteiger partial charge in [0, 0.05) is 15.6 Å². The normalized spacial score (nSPS) is 12.4. The summed E-state index contributed by atoms with van der Waals surface area (Å²) in [4.78, 5) is 12.9. The van der Waals surface area contributed by atoms with Crippen LogP contribution in [0.5, 0.6) is 0 Å². The minimum Gasteiger partial charge on any atom is -0.299 e. The van der Waals surface area contributed by atoms with Gasteiger partial charge in [-0.1, -0.05) is 53.6 Å². The van der Waals surface area contributed by atoms with E-state index in [1.807, 2.05) is 0 Å². The molecule has 0 unspecified atom stereocenters. The molecule has 11 heteroatoms. The quantitative estimate of drug-likeness (QED) is 0.524. The molecule has 0 aliphatic heterocycles. The van der Waals surface area contributed by atoms with Crippen LogP contribution in [0.25, 0.3) is 10.6 Å². The van der Waals surface area contributed by atoms with Crippen molar-refractivity contribution in [2.75, 3.05) is 15.9 Å². The SMILES string of the molecule is CC[C@@H](C(=O)Nc1nnc(-c2ccc(Cl)cc2)s1)N(c1ccc(Cl)cc1)S(C)(=O)=O. The van der Waals surface area contributed by atoms with E-state index in [1.54, 1.807) is 55.5 Å². The first-order chi connectivity index (χ1) is 14.2. The molecule has 158 valence electrons. The van der Waals surface area contributed by atoms with Crippen LogP contribution in [0.3, 0.4) is 0 Å². The third-order valence-corrected chi connectivity index (χ3v) is 6.73. The average molecular weight is 485 g/mol. The number of nitrogens with one attached hydrogen (secondary N) is 1. The Bertz CT molecular complexity index is 1130. The minimum absolute atomic E-state index is 0.254. The van der Waals surface area contributed by atoms with Gasteiger partial charge in [-0.05, 0) is 42.8 Å². The summed E-state index contributed by atoms with van der Waals surface area (Å²) >= 11 is 13.0.